The van der Waals surface area contributed by atoms with Crippen molar-refractivity contribution in [2.24, 2.45) is 5.73 Å². The van der Waals surface area contributed by atoms with Gasteiger partial charge in [0, 0.05) is 5.56 Å². The van der Waals surface area contributed by atoms with Crippen molar-refractivity contribution in [1.29, 1.82) is 0 Å². The van der Waals surface area contributed by atoms with Crippen molar-refractivity contribution in [3.63, 3.8) is 0 Å². The Morgan fingerprint density at radius 2 is 2.17 bits per heavy atom. The topological polar surface area (TPSA) is 85.2 Å². The van der Waals surface area contributed by atoms with E-state index in [4.69, 9.17) is 10.3 Å². The predicted octanol–water partition coefficient (Wildman–Crippen LogP) is 1.56. The largest absolute Gasteiger partial charge is 0.391 e. The molecule has 2 atom stereocenters. The summed E-state index contributed by atoms with van der Waals surface area (Å²) in [4.78, 5) is 4.07. The molecule has 2 aromatic rings. The standard InChI is InChI=1S/C12H14FN3O2/c1-6-3-4-8(13)5-9(6)11-15-12(18-16-11)10(14)7(2)17/h3-5,7,10,17H,14H2,1-2H3. The van der Waals surface area contributed by atoms with E-state index in [-0.39, 0.29) is 17.5 Å². The van der Waals surface area contributed by atoms with Crippen LogP contribution >= 0.6 is 0 Å². The summed E-state index contributed by atoms with van der Waals surface area (Å²) >= 11 is 0. The number of benzene rings is 1. The molecule has 0 aliphatic carbocycles. The van der Waals surface area contributed by atoms with Crippen molar-refractivity contribution in [2.45, 2.75) is 26.0 Å². The smallest absolute Gasteiger partial charge is 0.246 e. The van der Waals surface area contributed by atoms with Gasteiger partial charge in [0.25, 0.3) is 0 Å². The molecule has 0 radical (unpaired) electrons. The highest BCUT2D eigenvalue weighted by atomic mass is 19.1. The zero-order valence-electron chi connectivity index (χ0n) is 10.1. The lowest BCUT2D eigenvalue weighted by Gasteiger charge is -2.08. The molecule has 0 saturated heterocycles. The Labute approximate surface area is 103 Å². The third-order valence-electron chi connectivity index (χ3n) is 2.69. The minimum atomic E-state index is -0.799. The zero-order valence-corrected chi connectivity index (χ0v) is 10.1. The van der Waals surface area contributed by atoms with Gasteiger partial charge in [-0.15, -0.1) is 0 Å². The molecule has 0 saturated carbocycles. The Kier molecular flexibility index (Phi) is 3.40. The van der Waals surface area contributed by atoms with Gasteiger partial charge in [-0.25, -0.2) is 4.39 Å². The lowest BCUT2D eigenvalue weighted by Crippen LogP contribution is -2.23. The number of aromatic nitrogens is 2. The Morgan fingerprint density at radius 3 is 2.83 bits per heavy atom. The van der Waals surface area contributed by atoms with Crippen molar-refractivity contribution in [1.82, 2.24) is 10.1 Å². The van der Waals surface area contributed by atoms with Gasteiger partial charge in [-0.1, -0.05) is 11.2 Å². The molecule has 1 aromatic heterocycles. The molecule has 18 heavy (non-hydrogen) atoms. The van der Waals surface area contributed by atoms with Crippen molar-refractivity contribution in [3.05, 3.63) is 35.5 Å². The predicted molar refractivity (Wildman–Crippen MR) is 63.0 cm³/mol. The number of nitrogens with two attached hydrogens (primary N) is 1. The van der Waals surface area contributed by atoms with Gasteiger partial charge in [-0.2, -0.15) is 4.98 Å². The number of halogens is 1. The summed E-state index contributed by atoms with van der Waals surface area (Å²) in [5.41, 5.74) is 7.05. The number of aliphatic hydroxyl groups is 1. The third-order valence-corrected chi connectivity index (χ3v) is 2.69. The molecule has 6 heteroatoms. The molecule has 2 unspecified atom stereocenters. The number of rotatable bonds is 3. The lowest BCUT2D eigenvalue weighted by molar-refractivity contribution is 0.146. The lowest BCUT2D eigenvalue weighted by atomic mass is 10.1. The maximum absolute atomic E-state index is 13.2. The molecule has 1 heterocycles. The van der Waals surface area contributed by atoms with Crippen LogP contribution in [0, 0.1) is 12.7 Å². The van der Waals surface area contributed by atoms with Crippen LogP contribution in [-0.2, 0) is 0 Å². The highest BCUT2D eigenvalue weighted by molar-refractivity contribution is 5.59. The molecule has 0 fully saturated rings. The Morgan fingerprint density at radius 1 is 1.44 bits per heavy atom. The van der Waals surface area contributed by atoms with Crippen molar-refractivity contribution in [3.8, 4) is 11.4 Å². The Bertz CT molecular complexity index is 554. The molecular formula is C12H14FN3O2. The van der Waals surface area contributed by atoms with Crippen molar-refractivity contribution < 1.29 is 14.0 Å². The summed E-state index contributed by atoms with van der Waals surface area (Å²) in [7, 11) is 0. The average Bonchev–Trinajstić information content (AvgIpc) is 2.80. The van der Waals surface area contributed by atoms with Crippen LogP contribution in [-0.4, -0.2) is 21.4 Å². The van der Waals surface area contributed by atoms with Crippen LogP contribution in [0.4, 0.5) is 4.39 Å². The van der Waals surface area contributed by atoms with Crippen LogP contribution in [0.5, 0.6) is 0 Å². The first kappa shape index (κ1) is 12.7. The van der Waals surface area contributed by atoms with E-state index in [0.717, 1.165) is 5.56 Å². The number of aryl methyl sites for hydroxylation is 1. The minimum absolute atomic E-state index is 0.128. The first-order valence-electron chi connectivity index (χ1n) is 5.53. The van der Waals surface area contributed by atoms with Gasteiger partial charge < -0.3 is 15.4 Å². The van der Waals surface area contributed by atoms with E-state index >= 15 is 0 Å². The minimum Gasteiger partial charge on any atom is -0.391 e. The molecule has 0 spiro atoms. The van der Waals surface area contributed by atoms with Crippen LogP contribution in [0.15, 0.2) is 22.7 Å². The van der Waals surface area contributed by atoms with Gasteiger partial charge in [0.2, 0.25) is 11.7 Å². The SMILES string of the molecule is Cc1ccc(F)cc1-c1noc(C(N)C(C)O)n1. The zero-order chi connectivity index (χ0) is 13.3. The van der Waals surface area contributed by atoms with Gasteiger partial charge in [-0.05, 0) is 31.5 Å². The molecule has 0 aliphatic rings. The first-order chi connectivity index (χ1) is 8.49. The van der Waals surface area contributed by atoms with E-state index in [0.29, 0.717) is 5.56 Å². The summed E-state index contributed by atoms with van der Waals surface area (Å²) in [6.45, 7) is 3.35. The normalized spacial score (nSPS) is 14.5. The summed E-state index contributed by atoms with van der Waals surface area (Å²) in [6, 6.07) is 3.58. The van der Waals surface area contributed by atoms with Crippen LogP contribution < -0.4 is 5.73 Å². The van der Waals surface area contributed by atoms with E-state index in [2.05, 4.69) is 10.1 Å². The number of hydrogen-bond donors (Lipinski definition) is 2. The fraction of sp³-hybridized carbons (Fsp3) is 0.333. The van der Waals surface area contributed by atoms with Gasteiger partial charge in [0.15, 0.2) is 0 Å². The van der Waals surface area contributed by atoms with Gasteiger partial charge in [-0.3, -0.25) is 0 Å². The summed E-state index contributed by atoms with van der Waals surface area (Å²) in [5, 5.41) is 13.1. The fourth-order valence-corrected chi connectivity index (χ4v) is 1.52. The average molecular weight is 251 g/mol. The molecule has 3 N–H and O–H groups in total. The van der Waals surface area contributed by atoms with Crippen LogP contribution in [0.2, 0.25) is 0 Å². The molecule has 0 bridgehead atoms. The second-order valence-corrected chi connectivity index (χ2v) is 4.18. The monoisotopic (exact) mass is 251 g/mol. The first-order valence-corrected chi connectivity index (χ1v) is 5.53. The Balaban J connectivity index is 2.38. The quantitative estimate of drug-likeness (QED) is 0.864. The highest BCUT2D eigenvalue weighted by Crippen LogP contribution is 2.23. The van der Waals surface area contributed by atoms with E-state index in [1.165, 1.54) is 19.1 Å². The maximum Gasteiger partial charge on any atom is 0.246 e. The second kappa shape index (κ2) is 4.83. The van der Waals surface area contributed by atoms with Crippen LogP contribution in [0.3, 0.4) is 0 Å². The molecule has 0 amide bonds. The highest BCUT2D eigenvalue weighted by Gasteiger charge is 2.20. The molecular weight excluding hydrogens is 237 g/mol. The molecule has 5 nitrogen and oxygen atoms in total. The van der Waals surface area contributed by atoms with Gasteiger partial charge >= 0.3 is 0 Å². The van der Waals surface area contributed by atoms with E-state index in [9.17, 15) is 9.50 Å². The molecule has 0 aliphatic heterocycles. The molecule has 2 rings (SSSR count). The van der Waals surface area contributed by atoms with E-state index < -0.39 is 12.1 Å². The number of nitrogens with zero attached hydrogens (tertiary/aromatic N) is 2. The molecule has 96 valence electrons. The van der Waals surface area contributed by atoms with Crippen molar-refractivity contribution in [2.75, 3.05) is 0 Å². The third kappa shape index (κ3) is 2.39. The fourth-order valence-electron chi connectivity index (χ4n) is 1.52. The second-order valence-electron chi connectivity index (χ2n) is 4.18. The van der Waals surface area contributed by atoms with Gasteiger partial charge in [0.1, 0.15) is 11.9 Å². The van der Waals surface area contributed by atoms with Crippen molar-refractivity contribution >= 4 is 0 Å². The van der Waals surface area contributed by atoms with Crippen LogP contribution in [0.25, 0.3) is 11.4 Å². The summed E-state index contributed by atoms with van der Waals surface area (Å²) in [6.07, 6.45) is -0.799. The van der Waals surface area contributed by atoms with Gasteiger partial charge in [0.05, 0.1) is 6.10 Å². The summed E-state index contributed by atoms with van der Waals surface area (Å²) < 4.78 is 18.1. The number of hydrogen-bond acceptors (Lipinski definition) is 5. The maximum atomic E-state index is 13.2. The molecule has 1 aromatic carbocycles. The Hall–Kier alpha value is -1.79. The van der Waals surface area contributed by atoms with E-state index in [1.54, 1.807) is 6.07 Å². The number of aliphatic hydroxyl groups excluding tert-OH is 1. The summed E-state index contributed by atoms with van der Waals surface area (Å²) in [5.74, 6) is 0.0172. The van der Waals surface area contributed by atoms with Crippen LogP contribution in [0.1, 0.15) is 24.4 Å². The van der Waals surface area contributed by atoms with E-state index in [1.807, 2.05) is 6.92 Å².